The monoisotopic (exact) mass is 377 g/mol. The van der Waals surface area contributed by atoms with E-state index in [2.05, 4.69) is 17.2 Å². The van der Waals surface area contributed by atoms with Crippen molar-refractivity contribution in [3.8, 4) is 23.3 Å². The van der Waals surface area contributed by atoms with Crippen molar-refractivity contribution in [3.63, 3.8) is 0 Å². The third-order valence-electron chi connectivity index (χ3n) is 3.49. The normalized spacial score (nSPS) is 10.6. The van der Waals surface area contributed by atoms with E-state index in [9.17, 15) is 18.0 Å². The molecule has 0 aliphatic carbocycles. The van der Waals surface area contributed by atoms with Crippen molar-refractivity contribution in [1.82, 2.24) is 5.32 Å². The molecule has 1 amide bonds. The number of methoxy groups -OCH3 is 1. The average molecular weight is 377 g/mol. The molecular formula is C20H18F3NO3. The number of rotatable bonds is 5. The summed E-state index contributed by atoms with van der Waals surface area (Å²) in [6.07, 6.45) is -4.42. The van der Waals surface area contributed by atoms with Crippen molar-refractivity contribution in [2.24, 2.45) is 0 Å². The van der Waals surface area contributed by atoms with Crippen LogP contribution in [0.1, 0.15) is 28.4 Å². The number of amides is 1. The number of hydrogen-bond donors (Lipinski definition) is 1. The van der Waals surface area contributed by atoms with Gasteiger partial charge in [-0.25, -0.2) is 0 Å². The predicted molar refractivity (Wildman–Crippen MR) is 94.8 cm³/mol. The summed E-state index contributed by atoms with van der Waals surface area (Å²) in [6.45, 7) is 2.23. The van der Waals surface area contributed by atoms with E-state index >= 15 is 0 Å². The highest BCUT2D eigenvalue weighted by atomic mass is 19.4. The van der Waals surface area contributed by atoms with Gasteiger partial charge >= 0.3 is 6.18 Å². The zero-order valence-corrected chi connectivity index (χ0v) is 14.8. The van der Waals surface area contributed by atoms with Gasteiger partial charge in [-0.2, -0.15) is 13.2 Å². The van der Waals surface area contributed by atoms with Crippen LogP contribution in [-0.2, 0) is 6.18 Å². The number of alkyl halides is 3. The van der Waals surface area contributed by atoms with E-state index in [0.717, 1.165) is 12.1 Å². The van der Waals surface area contributed by atoms with Crippen molar-refractivity contribution in [2.75, 3.05) is 20.3 Å². The van der Waals surface area contributed by atoms with Gasteiger partial charge in [0.15, 0.2) is 11.5 Å². The summed E-state index contributed by atoms with van der Waals surface area (Å²) >= 11 is 0. The van der Waals surface area contributed by atoms with Crippen LogP contribution in [0, 0.1) is 11.8 Å². The smallest absolute Gasteiger partial charge is 0.416 e. The lowest BCUT2D eigenvalue weighted by Gasteiger charge is -2.10. The highest BCUT2D eigenvalue weighted by Gasteiger charge is 2.30. The number of benzene rings is 2. The molecule has 1 N–H and O–H groups in total. The summed E-state index contributed by atoms with van der Waals surface area (Å²) in [5.41, 5.74) is -0.178. The van der Waals surface area contributed by atoms with Gasteiger partial charge in [0.1, 0.15) is 0 Å². The van der Waals surface area contributed by atoms with Crippen molar-refractivity contribution in [3.05, 3.63) is 59.2 Å². The lowest BCUT2D eigenvalue weighted by atomic mass is 10.1. The molecule has 0 unspecified atom stereocenters. The minimum atomic E-state index is -4.42. The van der Waals surface area contributed by atoms with Gasteiger partial charge in [-0.05, 0) is 43.3 Å². The lowest BCUT2D eigenvalue weighted by Crippen LogP contribution is -2.23. The minimum Gasteiger partial charge on any atom is -0.493 e. The van der Waals surface area contributed by atoms with Gasteiger partial charge in [0.2, 0.25) is 0 Å². The Morgan fingerprint density at radius 2 is 1.93 bits per heavy atom. The first-order valence-corrected chi connectivity index (χ1v) is 8.10. The van der Waals surface area contributed by atoms with Gasteiger partial charge in [0, 0.05) is 11.1 Å². The molecule has 2 aromatic carbocycles. The van der Waals surface area contributed by atoms with E-state index < -0.39 is 11.7 Å². The van der Waals surface area contributed by atoms with Crippen molar-refractivity contribution < 1.29 is 27.4 Å². The Hall–Kier alpha value is -3.14. The third kappa shape index (κ3) is 5.68. The van der Waals surface area contributed by atoms with E-state index in [4.69, 9.17) is 9.47 Å². The molecule has 0 radical (unpaired) electrons. The molecule has 27 heavy (non-hydrogen) atoms. The third-order valence-corrected chi connectivity index (χ3v) is 3.49. The first-order chi connectivity index (χ1) is 12.8. The number of nitrogens with one attached hydrogen (secondary N) is 1. The van der Waals surface area contributed by atoms with E-state index in [1.807, 2.05) is 6.92 Å². The molecule has 7 heteroatoms. The van der Waals surface area contributed by atoms with Crippen LogP contribution >= 0.6 is 0 Å². The van der Waals surface area contributed by atoms with Crippen LogP contribution in [-0.4, -0.2) is 26.2 Å². The summed E-state index contributed by atoms with van der Waals surface area (Å²) in [5, 5.41) is 2.59. The standard InChI is InChI=1S/C20H18F3NO3/c1-3-27-18-13-15(9-10-17(18)26-2)19(25)24-11-5-7-14-6-4-8-16(12-14)20(21,22)23/h4,6,8-10,12-13H,3,11H2,1-2H3,(H,24,25). The molecule has 4 nitrogen and oxygen atoms in total. The van der Waals surface area contributed by atoms with Crippen LogP contribution < -0.4 is 14.8 Å². The molecule has 0 atom stereocenters. The molecule has 142 valence electrons. The Kier molecular flexibility index (Phi) is 6.72. The van der Waals surface area contributed by atoms with Crippen LogP contribution in [0.25, 0.3) is 0 Å². The number of ether oxygens (including phenoxy) is 2. The summed E-state index contributed by atoms with van der Waals surface area (Å²) in [7, 11) is 1.50. The number of hydrogen-bond acceptors (Lipinski definition) is 3. The second kappa shape index (κ2) is 8.99. The van der Waals surface area contributed by atoms with Gasteiger partial charge in [-0.3, -0.25) is 4.79 Å². The molecule has 2 aromatic rings. The fourth-order valence-corrected chi connectivity index (χ4v) is 2.23. The van der Waals surface area contributed by atoms with E-state index in [-0.39, 0.29) is 18.0 Å². The fraction of sp³-hybridized carbons (Fsp3) is 0.250. The Labute approximate surface area is 155 Å². The van der Waals surface area contributed by atoms with Gasteiger partial charge in [0.25, 0.3) is 5.91 Å². The van der Waals surface area contributed by atoms with Crippen LogP contribution in [0.2, 0.25) is 0 Å². The summed E-state index contributed by atoms with van der Waals surface area (Å²) < 4.78 is 48.6. The molecule has 0 aliphatic rings. The Morgan fingerprint density at radius 1 is 1.15 bits per heavy atom. The first kappa shape index (κ1) is 20.2. The largest absolute Gasteiger partial charge is 0.493 e. The summed E-state index contributed by atoms with van der Waals surface area (Å²) in [4.78, 5) is 12.2. The van der Waals surface area contributed by atoms with Crippen molar-refractivity contribution >= 4 is 5.91 Å². The van der Waals surface area contributed by atoms with Gasteiger partial charge in [-0.1, -0.05) is 17.9 Å². The highest BCUT2D eigenvalue weighted by Crippen LogP contribution is 2.29. The molecule has 0 fully saturated rings. The molecule has 0 spiro atoms. The SMILES string of the molecule is CCOc1cc(C(=O)NCC#Cc2cccc(C(F)(F)F)c2)ccc1OC. The molecule has 0 aromatic heterocycles. The van der Waals surface area contributed by atoms with Crippen LogP contribution in [0.3, 0.4) is 0 Å². The van der Waals surface area contributed by atoms with Gasteiger partial charge in [0.05, 0.1) is 25.8 Å². The average Bonchev–Trinajstić information content (AvgIpc) is 2.65. The molecular weight excluding hydrogens is 359 g/mol. The summed E-state index contributed by atoms with van der Waals surface area (Å²) in [6, 6.07) is 9.46. The zero-order chi connectivity index (χ0) is 19.9. The second-order valence-corrected chi connectivity index (χ2v) is 5.36. The predicted octanol–water partition coefficient (Wildman–Crippen LogP) is 3.89. The quantitative estimate of drug-likeness (QED) is 0.804. The van der Waals surface area contributed by atoms with E-state index in [1.165, 1.54) is 19.2 Å². The zero-order valence-electron chi connectivity index (χ0n) is 14.8. The molecule has 0 aliphatic heterocycles. The maximum Gasteiger partial charge on any atom is 0.416 e. The Balaban J connectivity index is 2.01. The maximum atomic E-state index is 12.7. The topological polar surface area (TPSA) is 47.6 Å². The Morgan fingerprint density at radius 3 is 2.59 bits per heavy atom. The summed E-state index contributed by atoms with van der Waals surface area (Å²) in [5.74, 6) is 5.82. The van der Waals surface area contributed by atoms with E-state index in [0.29, 0.717) is 23.7 Å². The van der Waals surface area contributed by atoms with Crippen LogP contribution in [0.15, 0.2) is 42.5 Å². The molecule has 0 bridgehead atoms. The van der Waals surface area contributed by atoms with Crippen molar-refractivity contribution in [2.45, 2.75) is 13.1 Å². The molecule has 0 saturated carbocycles. The molecule has 0 heterocycles. The van der Waals surface area contributed by atoms with E-state index in [1.54, 1.807) is 18.2 Å². The minimum absolute atomic E-state index is 0.00885. The van der Waals surface area contributed by atoms with Gasteiger partial charge < -0.3 is 14.8 Å². The number of carbonyl (C=O) groups excluding carboxylic acids is 1. The highest BCUT2D eigenvalue weighted by molar-refractivity contribution is 5.95. The Bertz CT molecular complexity index is 867. The van der Waals surface area contributed by atoms with Gasteiger partial charge in [-0.15, -0.1) is 0 Å². The fourth-order valence-electron chi connectivity index (χ4n) is 2.23. The molecule has 2 rings (SSSR count). The lowest BCUT2D eigenvalue weighted by molar-refractivity contribution is -0.137. The first-order valence-electron chi connectivity index (χ1n) is 8.10. The maximum absolute atomic E-state index is 12.7. The molecule has 0 saturated heterocycles. The van der Waals surface area contributed by atoms with Crippen LogP contribution in [0.4, 0.5) is 13.2 Å². The van der Waals surface area contributed by atoms with Crippen molar-refractivity contribution in [1.29, 1.82) is 0 Å². The second-order valence-electron chi connectivity index (χ2n) is 5.36. The number of halogens is 3. The number of carbonyl (C=O) groups is 1. The van der Waals surface area contributed by atoms with Crippen LogP contribution in [0.5, 0.6) is 11.5 Å².